The third-order valence-corrected chi connectivity index (χ3v) is 5.31. The van der Waals surface area contributed by atoms with Crippen LogP contribution in [0.15, 0.2) is 60.7 Å². The Labute approximate surface area is 151 Å². The summed E-state index contributed by atoms with van der Waals surface area (Å²) in [5.74, 6) is 0.157. The Morgan fingerprint density at radius 2 is 1.40 bits per heavy atom. The lowest BCUT2D eigenvalue weighted by atomic mass is 9.70. The summed E-state index contributed by atoms with van der Waals surface area (Å²) in [7, 11) is 3.72. The zero-order valence-electron chi connectivity index (χ0n) is 15.3. The van der Waals surface area contributed by atoms with Crippen molar-refractivity contribution in [2.24, 2.45) is 0 Å². The number of nitrogens with zero attached hydrogens (tertiary/aromatic N) is 2. The van der Waals surface area contributed by atoms with E-state index in [1.54, 1.807) is 4.90 Å². The average Bonchev–Trinajstić information content (AvgIpc) is 3.17. The first kappa shape index (κ1) is 17.7. The normalized spacial score (nSPS) is 15.3. The van der Waals surface area contributed by atoms with Crippen LogP contribution < -0.4 is 0 Å². The Balaban J connectivity index is 2.07. The molecule has 0 spiro atoms. The van der Waals surface area contributed by atoms with Crippen molar-refractivity contribution in [2.45, 2.75) is 24.7 Å². The highest BCUT2D eigenvalue weighted by molar-refractivity contribution is 5.91. The van der Waals surface area contributed by atoms with Crippen molar-refractivity contribution >= 4 is 5.91 Å². The van der Waals surface area contributed by atoms with Crippen molar-refractivity contribution in [3.63, 3.8) is 0 Å². The maximum Gasteiger partial charge on any atom is 0.237 e. The van der Waals surface area contributed by atoms with Gasteiger partial charge < -0.3 is 9.80 Å². The molecule has 0 atom stereocenters. The fourth-order valence-corrected chi connectivity index (χ4v) is 3.97. The molecule has 1 saturated heterocycles. The number of amides is 1. The second kappa shape index (κ2) is 7.83. The van der Waals surface area contributed by atoms with Crippen LogP contribution in [-0.4, -0.2) is 49.4 Å². The molecule has 3 heteroatoms. The molecule has 1 fully saturated rings. The fraction of sp³-hybridized carbons (Fsp3) is 0.409. The summed E-state index contributed by atoms with van der Waals surface area (Å²) >= 11 is 0. The van der Waals surface area contributed by atoms with E-state index in [-0.39, 0.29) is 5.91 Å². The van der Waals surface area contributed by atoms with Gasteiger partial charge in [-0.3, -0.25) is 4.79 Å². The molecule has 2 aromatic carbocycles. The smallest absolute Gasteiger partial charge is 0.237 e. The summed E-state index contributed by atoms with van der Waals surface area (Å²) in [6.45, 7) is 3.25. The Bertz CT molecular complexity index is 636. The van der Waals surface area contributed by atoms with Crippen LogP contribution in [0.25, 0.3) is 0 Å². The summed E-state index contributed by atoms with van der Waals surface area (Å²) in [6.07, 6.45) is 3.34. The van der Waals surface area contributed by atoms with Gasteiger partial charge in [0.1, 0.15) is 5.41 Å². The topological polar surface area (TPSA) is 23.6 Å². The Morgan fingerprint density at radius 1 is 0.920 bits per heavy atom. The van der Waals surface area contributed by atoms with Crippen molar-refractivity contribution in [2.75, 3.05) is 33.7 Å². The fourth-order valence-electron chi connectivity index (χ4n) is 3.97. The molecule has 0 N–H and O–H groups in total. The second-order valence-corrected chi connectivity index (χ2v) is 7.14. The summed E-state index contributed by atoms with van der Waals surface area (Å²) < 4.78 is 0. The van der Waals surface area contributed by atoms with Gasteiger partial charge in [0.15, 0.2) is 0 Å². The summed E-state index contributed by atoms with van der Waals surface area (Å²) in [4.78, 5) is 17.7. The lowest BCUT2D eigenvalue weighted by Gasteiger charge is -2.37. The number of hydrogen-bond acceptors (Lipinski definition) is 2. The van der Waals surface area contributed by atoms with Crippen LogP contribution in [0.5, 0.6) is 0 Å². The van der Waals surface area contributed by atoms with Crippen LogP contribution in [0.2, 0.25) is 0 Å². The van der Waals surface area contributed by atoms with Gasteiger partial charge in [-0.1, -0.05) is 60.7 Å². The average molecular weight is 336 g/mol. The zero-order valence-corrected chi connectivity index (χ0v) is 15.3. The van der Waals surface area contributed by atoms with Crippen molar-refractivity contribution in [3.8, 4) is 0 Å². The summed E-state index contributed by atoms with van der Waals surface area (Å²) in [6, 6.07) is 20.5. The molecule has 25 heavy (non-hydrogen) atoms. The number of carbonyl (C=O) groups is 1. The lowest BCUT2D eigenvalue weighted by Crippen LogP contribution is -2.46. The molecule has 0 saturated carbocycles. The molecule has 3 rings (SSSR count). The lowest BCUT2D eigenvalue weighted by molar-refractivity contribution is -0.133. The van der Waals surface area contributed by atoms with Gasteiger partial charge in [0.05, 0.1) is 0 Å². The van der Waals surface area contributed by atoms with E-state index in [0.29, 0.717) is 0 Å². The highest BCUT2D eigenvalue weighted by Gasteiger charge is 2.43. The first-order chi connectivity index (χ1) is 12.1. The van der Waals surface area contributed by atoms with Crippen LogP contribution in [0.1, 0.15) is 30.4 Å². The minimum atomic E-state index is -0.630. The van der Waals surface area contributed by atoms with E-state index in [4.69, 9.17) is 0 Å². The molecule has 1 amide bonds. The number of hydrogen-bond donors (Lipinski definition) is 0. The van der Waals surface area contributed by atoms with E-state index >= 15 is 0 Å². The third-order valence-electron chi connectivity index (χ3n) is 5.31. The Morgan fingerprint density at radius 3 is 1.84 bits per heavy atom. The van der Waals surface area contributed by atoms with Gasteiger partial charge >= 0.3 is 0 Å². The highest BCUT2D eigenvalue weighted by atomic mass is 16.2. The predicted molar refractivity (Wildman–Crippen MR) is 103 cm³/mol. The number of carbonyl (C=O) groups excluding carboxylic acids is 1. The molecule has 1 aliphatic rings. The third kappa shape index (κ3) is 3.62. The molecule has 1 heterocycles. The largest absolute Gasteiger partial charge is 0.348 e. The van der Waals surface area contributed by atoms with Gasteiger partial charge in [0.25, 0.3) is 0 Å². The van der Waals surface area contributed by atoms with Crippen molar-refractivity contribution in [1.82, 2.24) is 9.80 Å². The zero-order chi connectivity index (χ0) is 17.7. The highest BCUT2D eigenvalue weighted by Crippen LogP contribution is 2.38. The minimum absolute atomic E-state index is 0.157. The minimum Gasteiger partial charge on any atom is -0.348 e. The Hall–Kier alpha value is -2.13. The standard InChI is InChI=1S/C22H28N2O/c1-23(2)21(25)22(19-11-5-3-6-12-19,20-13-7-4-8-14-20)15-18-24-16-9-10-17-24/h3-8,11-14H,9-10,15-18H2,1-2H3. The molecular formula is C22H28N2O. The van der Waals surface area contributed by atoms with E-state index in [2.05, 4.69) is 29.2 Å². The van der Waals surface area contributed by atoms with Gasteiger partial charge in [-0.25, -0.2) is 0 Å². The van der Waals surface area contributed by atoms with E-state index in [1.165, 1.54) is 12.8 Å². The number of likely N-dealkylation sites (tertiary alicyclic amines) is 1. The van der Waals surface area contributed by atoms with Crippen molar-refractivity contribution in [3.05, 3.63) is 71.8 Å². The van der Waals surface area contributed by atoms with Gasteiger partial charge in [-0.2, -0.15) is 0 Å². The monoisotopic (exact) mass is 336 g/mol. The van der Waals surface area contributed by atoms with E-state index in [1.807, 2.05) is 50.5 Å². The van der Waals surface area contributed by atoms with E-state index in [0.717, 1.165) is 37.2 Å². The predicted octanol–water partition coefficient (Wildman–Crippen LogP) is 3.55. The first-order valence-electron chi connectivity index (χ1n) is 9.20. The molecule has 2 aromatic rings. The number of likely N-dealkylation sites (N-methyl/N-ethyl adjacent to an activating group) is 1. The van der Waals surface area contributed by atoms with Gasteiger partial charge in [-0.05, 0) is 50.0 Å². The maximum atomic E-state index is 13.5. The Kier molecular flexibility index (Phi) is 5.54. The second-order valence-electron chi connectivity index (χ2n) is 7.14. The number of rotatable bonds is 6. The SMILES string of the molecule is CN(C)C(=O)C(CCN1CCCC1)(c1ccccc1)c1ccccc1. The molecule has 1 aliphatic heterocycles. The van der Waals surface area contributed by atoms with Crippen molar-refractivity contribution < 1.29 is 4.79 Å². The molecule has 132 valence electrons. The van der Waals surface area contributed by atoms with Crippen LogP contribution in [0.4, 0.5) is 0 Å². The van der Waals surface area contributed by atoms with Crippen molar-refractivity contribution in [1.29, 1.82) is 0 Å². The summed E-state index contributed by atoms with van der Waals surface area (Å²) in [5.41, 5.74) is 1.53. The molecular weight excluding hydrogens is 308 g/mol. The van der Waals surface area contributed by atoms with E-state index < -0.39 is 5.41 Å². The molecule has 0 radical (unpaired) electrons. The molecule has 0 bridgehead atoms. The van der Waals surface area contributed by atoms with Crippen LogP contribution in [0, 0.1) is 0 Å². The molecule has 0 aliphatic carbocycles. The van der Waals surface area contributed by atoms with Gasteiger partial charge in [0.2, 0.25) is 5.91 Å². The molecule has 0 unspecified atom stereocenters. The first-order valence-corrected chi connectivity index (χ1v) is 9.20. The molecule has 3 nitrogen and oxygen atoms in total. The van der Waals surface area contributed by atoms with Gasteiger partial charge in [0, 0.05) is 14.1 Å². The maximum absolute atomic E-state index is 13.5. The molecule has 0 aromatic heterocycles. The number of benzene rings is 2. The van der Waals surface area contributed by atoms with E-state index in [9.17, 15) is 4.79 Å². The van der Waals surface area contributed by atoms with Crippen LogP contribution in [-0.2, 0) is 10.2 Å². The summed E-state index contributed by atoms with van der Waals surface area (Å²) in [5, 5.41) is 0. The van der Waals surface area contributed by atoms with Crippen LogP contribution in [0.3, 0.4) is 0 Å². The van der Waals surface area contributed by atoms with Gasteiger partial charge in [-0.15, -0.1) is 0 Å². The quantitative estimate of drug-likeness (QED) is 0.805. The van der Waals surface area contributed by atoms with Crippen LogP contribution >= 0.6 is 0 Å².